The van der Waals surface area contributed by atoms with Crippen LogP contribution in [0.25, 0.3) is 0 Å². The molecule has 2 saturated heterocycles. The highest BCUT2D eigenvalue weighted by Crippen LogP contribution is 2.27. The number of alkyl carbamates (subject to hydrolysis) is 1. The minimum atomic E-state index is -1.28. The highest BCUT2D eigenvalue weighted by Gasteiger charge is 2.51. The molecule has 0 aromatic rings. The number of nitrogens with one attached hydrogen (secondary N) is 1. The molecule has 0 radical (unpaired) electrons. The van der Waals surface area contributed by atoms with Crippen LogP contribution in [0.3, 0.4) is 0 Å². The minimum Gasteiger partial charge on any atom is -0.463 e. The van der Waals surface area contributed by atoms with Crippen molar-refractivity contribution in [3.63, 3.8) is 0 Å². The van der Waals surface area contributed by atoms with Crippen LogP contribution in [0.1, 0.15) is 20.8 Å². The average molecular weight is 463 g/mol. The van der Waals surface area contributed by atoms with Gasteiger partial charge in [0.05, 0.1) is 0 Å². The van der Waals surface area contributed by atoms with Crippen LogP contribution in [-0.2, 0) is 52.3 Å². The normalized spacial score (nSPS) is 29.2. The van der Waals surface area contributed by atoms with Gasteiger partial charge < -0.3 is 43.2 Å². The largest absolute Gasteiger partial charge is 0.508 e. The Morgan fingerprint density at radius 3 is 2.16 bits per heavy atom. The molecule has 0 aromatic carbocycles. The molecule has 0 bridgehead atoms. The fourth-order valence-corrected chi connectivity index (χ4v) is 3.05. The Bertz CT molecular complexity index is 726. The van der Waals surface area contributed by atoms with E-state index in [1.54, 1.807) is 0 Å². The molecule has 14 nitrogen and oxygen atoms in total. The first-order valence-electron chi connectivity index (χ1n) is 9.53. The summed E-state index contributed by atoms with van der Waals surface area (Å²) in [4.78, 5) is 57.9. The second kappa shape index (κ2) is 11.5. The molecular weight excluding hydrogens is 438 g/mol. The summed E-state index contributed by atoms with van der Waals surface area (Å²) in [5.74, 6) is -2.09. The molecule has 2 aliphatic heterocycles. The maximum Gasteiger partial charge on any atom is 0.508 e. The first-order valence-corrected chi connectivity index (χ1v) is 9.53. The van der Waals surface area contributed by atoms with Crippen molar-refractivity contribution in [1.82, 2.24) is 5.32 Å². The van der Waals surface area contributed by atoms with Crippen LogP contribution in [0.4, 0.5) is 9.59 Å². The monoisotopic (exact) mass is 463 g/mol. The van der Waals surface area contributed by atoms with Gasteiger partial charge in [0.1, 0.15) is 32.0 Å². The summed E-state index contributed by atoms with van der Waals surface area (Å²) < 4.78 is 40.8. The van der Waals surface area contributed by atoms with Crippen molar-refractivity contribution >= 4 is 30.2 Å². The van der Waals surface area contributed by atoms with Crippen LogP contribution in [0.2, 0.25) is 0 Å². The molecule has 0 saturated carbocycles. The first-order chi connectivity index (χ1) is 15.1. The first kappa shape index (κ1) is 25.1. The van der Waals surface area contributed by atoms with E-state index in [4.69, 9.17) is 33.2 Å². The fraction of sp³-hybridized carbons (Fsp3) is 0.722. The van der Waals surface area contributed by atoms with Crippen molar-refractivity contribution in [2.24, 2.45) is 0 Å². The minimum absolute atomic E-state index is 0.0816. The Morgan fingerprint density at radius 2 is 1.62 bits per heavy atom. The van der Waals surface area contributed by atoms with Crippen LogP contribution >= 0.6 is 0 Å². The summed E-state index contributed by atoms with van der Waals surface area (Å²) in [6.45, 7) is 2.69. The summed E-state index contributed by atoms with van der Waals surface area (Å²) in [6, 6.07) is -1.18. The van der Waals surface area contributed by atoms with Gasteiger partial charge in [-0.1, -0.05) is 0 Å². The summed E-state index contributed by atoms with van der Waals surface area (Å²) >= 11 is 0. The molecule has 14 heteroatoms. The van der Waals surface area contributed by atoms with Gasteiger partial charge in [0.25, 0.3) is 0 Å². The van der Waals surface area contributed by atoms with Gasteiger partial charge in [-0.05, 0) is 0 Å². The molecule has 2 aliphatic rings. The molecule has 2 heterocycles. The van der Waals surface area contributed by atoms with Gasteiger partial charge >= 0.3 is 30.2 Å². The van der Waals surface area contributed by atoms with E-state index in [0.29, 0.717) is 0 Å². The van der Waals surface area contributed by atoms with Crippen molar-refractivity contribution < 1.29 is 61.9 Å². The summed E-state index contributed by atoms with van der Waals surface area (Å²) in [5, 5.41) is 2.43. The second-order valence-electron chi connectivity index (χ2n) is 6.80. The maximum atomic E-state index is 12.3. The number of carbonyl (C=O) groups excluding carboxylic acids is 5. The van der Waals surface area contributed by atoms with E-state index in [0.717, 1.165) is 13.8 Å². The molecule has 2 fully saturated rings. The van der Waals surface area contributed by atoms with Crippen LogP contribution in [-0.4, -0.2) is 93.8 Å². The van der Waals surface area contributed by atoms with Crippen LogP contribution < -0.4 is 5.32 Å². The van der Waals surface area contributed by atoms with Crippen molar-refractivity contribution in [2.45, 2.75) is 57.5 Å². The third-order valence-electron chi connectivity index (χ3n) is 4.27. The molecule has 0 spiro atoms. The van der Waals surface area contributed by atoms with E-state index in [2.05, 4.69) is 10.1 Å². The van der Waals surface area contributed by atoms with Gasteiger partial charge in [-0.3, -0.25) is 14.4 Å². The molecule has 1 amide bonds. The lowest BCUT2D eigenvalue weighted by atomic mass is 9.96. The van der Waals surface area contributed by atoms with Crippen LogP contribution in [0, 0.1) is 0 Å². The summed E-state index contributed by atoms with van der Waals surface area (Å²) in [5.41, 5.74) is 0. The number of esters is 3. The lowest BCUT2D eigenvalue weighted by molar-refractivity contribution is -0.271. The number of cyclic esters (lactones) is 2. The number of methoxy groups -OCH3 is 1. The van der Waals surface area contributed by atoms with E-state index in [1.165, 1.54) is 14.0 Å². The average Bonchev–Trinajstić information content (AvgIpc) is 3.12. The number of hydrogen-bond donors (Lipinski definition) is 1. The lowest BCUT2D eigenvalue weighted by Gasteiger charge is -2.44. The fourth-order valence-electron chi connectivity index (χ4n) is 3.05. The molecule has 6 atom stereocenters. The molecule has 0 aromatic heterocycles. The smallest absolute Gasteiger partial charge is 0.463 e. The van der Waals surface area contributed by atoms with Gasteiger partial charge in [0.15, 0.2) is 24.6 Å². The number of carbonyl (C=O) groups is 5. The van der Waals surface area contributed by atoms with E-state index in [9.17, 15) is 24.0 Å². The standard InChI is InChI=1S/C18H25NO13/c1-8(20)26-7-12-14(29-9(2)21)15(30-10(3)22)13(16(25-4)32-12)19-17(23)27-5-11-6-28-18(24)31-11/h11-16H,5-7H2,1-4H3,(H,19,23)/t11?,12-,13-,14-,15-,16-/m1/s1. The Kier molecular flexibility index (Phi) is 9.02. The quantitative estimate of drug-likeness (QED) is 0.358. The zero-order chi connectivity index (χ0) is 23.8. The molecule has 180 valence electrons. The second-order valence-corrected chi connectivity index (χ2v) is 6.80. The van der Waals surface area contributed by atoms with Gasteiger partial charge in [0, 0.05) is 27.9 Å². The third-order valence-corrected chi connectivity index (χ3v) is 4.27. The predicted molar refractivity (Wildman–Crippen MR) is 97.9 cm³/mol. The molecular formula is C18H25NO13. The number of rotatable bonds is 8. The van der Waals surface area contributed by atoms with Crippen molar-refractivity contribution in [3.05, 3.63) is 0 Å². The van der Waals surface area contributed by atoms with E-state index >= 15 is 0 Å². The van der Waals surface area contributed by atoms with Crippen LogP contribution in [0.15, 0.2) is 0 Å². The van der Waals surface area contributed by atoms with Gasteiger partial charge in [-0.25, -0.2) is 9.59 Å². The number of ether oxygens (including phenoxy) is 8. The lowest BCUT2D eigenvalue weighted by Crippen LogP contribution is -2.66. The highest BCUT2D eigenvalue weighted by atomic mass is 16.8. The van der Waals surface area contributed by atoms with Gasteiger partial charge in [0.2, 0.25) is 0 Å². The molecule has 32 heavy (non-hydrogen) atoms. The van der Waals surface area contributed by atoms with Crippen molar-refractivity contribution in [3.8, 4) is 0 Å². The zero-order valence-corrected chi connectivity index (χ0v) is 17.9. The Hall–Kier alpha value is -3.13. The third kappa shape index (κ3) is 7.23. The SMILES string of the molecule is CO[C@@H]1O[C@H](COC(C)=O)[C@@H](OC(C)=O)[C@H](OC(C)=O)[C@H]1NC(=O)OCC1COC(=O)O1. The maximum absolute atomic E-state index is 12.3. The molecule has 0 aliphatic carbocycles. The molecule has 2 rings (SSSR count). The highest BCUT2D eigenvalue weighted by molar-refractivity contribution is 5.69. The predicted octanol–water partition coefficient (Wildman–Crippen LogP) is -0.586. The van der Waals surface area contributed by atoms with Crippen molar-refractivity contribution in [1.29, 1.82) is 0 Å². The zero-order valence-electron chi connectivity index (χ0n) is 17.9. The topological polar surface area (TPSA) is 171 Å². The summed E-state index contributed by atoms with van der Waals surface area (Å²) in [7, 11) is 1.26. The van der Waals surface area contributed by atoms with Crippen molar-refractivity contribution in [2.75, 3.05) is 26.9 Å². The van der Waals surface area contributed by atoms with E-state index < -0.39 is 66.9 Å². The van der Waals surface area contributed by atoms with Crippen LogP contribution in [0.5, 0.6) is 0 Å². The Labute approximate surface area is 182 Å². The summed E-state index contributed by atoms with van der Waals surface area (Å²) in [6.07, 6.45) is -7.45. The Morgan fingerprint density at radius 1 is 0.969 bits per heavy atom. The molecule has 1 N–H and O–H groups in total. The number of hydrogen-bond acceptors (Lipinski definition) is 13. The van der Waals surface area contributed by atoms with E-state index in [-0.39, 0.29) is 19.8 Å². The van der Waals surface area contributed by atoms with Gasteiger partial charge in [-0.2, -0.15) is 0 Å². The Balaban J connectivity index is 2.17. The van der Waals surface area contributed by atoms with Gasteiger partial charge in [-0.15, -0.1) is 0 Å². The number of amides is 1. The van der Waals surface area contributed by atoms with E-state index in [1.807, 2.05) is 0 Å². The molecule has 1 unspecified atom stereocenters.